The van der Waals surface area contributed by atoms with E-state index in [2.05, 4.69) is 5.32 Å². The molecule has 0 saturated carbocycles. The molecule has 3 N–H and O–H groups in total. The molecule has 5 nitrogen and oxygen atoms in total. The molecular weight excluding hydrogens is 263 g/mol. The van der Waals surface area contributed by atoms with Crippen LogP contribution in [0.5, 0.6) is 11.5 Å². The van der Waals surface area contributed by atoms with Gasteiger partial charge in [0.25, 0.3) is 5.91 Å². The number of amides is 1. The molecular formula is C14H17FN2O3. The largest absolute Gasteiger partial charge is 0.489 e. The molecule has 0 radical (unpaired) electrons. The Labute approximate surface area is 116 Å². The summed E-state index contributed by atoms with van der Waals surface area (Å²) in [5.41, 5.74) is 5.36. The van der Waals surface area contributed by atoms with Crippen LogP contribution in [0.15, 0.2) is 30.1 Å². The molecule has 6 heteroatoms. The van der Waals surface area contributed by atoms with E-state index in [0.29, 0.717) is 29.0 Å². The number of nitrogens with one attached hydrogen (secondary N) is 1. The van der Waals surface area contributed by atoms with Crippen LogP contribution in [0.25, 0.3) is 0 Å². The second-order valence-electron chi connectivity index (χ2n) is 4.98. The zero-order chi connectivity index (χ0) is 14.8. The Balaban J connectivity index is 2.17. The first-order valence-corrected chi connectivity index (χ1v) is 6.22. The Morgan fingerprint density at radius 3 is 2.95 bits per heavy atom. The molecule has 1 aliphatic heterocycles. The normalized spacial score (nSPS) is 17.0. The van der Waals surface area contributed by atoms with Gasteiger partial charge in [-0.15, -0.1) is 0 Å². The van der Waals surface area contributed by atoms with Crippen molar-refractivity contribution < 1.29 is 18.7 Å². The molecule has 2 rings (SSSR count). The highest BCUT2D eigenvalue weighted by Gasteiger charge is 2.31. The molecule has 0 saturated heterocycles. The number of carbonyl (C=O) groups excluding carboxylic acids is 1. The molecule has 1 heterocycles. The summed E-state index contributed by atoms with van der Waals surface area (Å²) in [5, 5.41) is 2.72. The molecule has 1 aromatic carbocycles. The quantitative estimate of drug-likeness (QED) is 0.881. The third-order valence-electron chi connectivity index (χ3n) is 2.82. The third kappa shape index (κ3) is 3.08. The number of carbonyl (C=O) groups is 1. The highest BCUT2D eigenvalue weighted by molar-refractivity contribution is 5.98. The van der Waals surface area contributed by atoms with E-state index in [4.69, 9.17) is 15.2 Å². The lowest BCUT2D eigenvalue weighted by Gasteiger charge is -2.33. The minimum atomic E-state index is -0.774. The van der Waals surface area contributed by atoms with Crippen molar-refractivity contribution in [2.75, 3.05) is 13.2 Å². The van der Waals surface area contributed by atoms with Gasteiger partial charge in [0.1, 0.15) is 18.1 Å². The maximum absolute atomic E-state index is 12.4. The zero-order valence-electron chi connectivity index (χ0n) is 11.4. The van der Waals surface area contributed by atoms with Crippen molar-refractivity contribution in [2.24, 2.45) is 5.73 Å². The lowest BCUT2D eigenvalue weighted by Crippen LogP contribution is -2.51. The number of benzene rings is 1. The standard InChI is InChI=1S/C14H17FN2O3/c1-14(2)17-13(18)11-4-3-10(5-12(11)20-14)19-8-9(6-15)7-16/h3-6H,7-8,16H2,1-2H3,(H,17,18)/b9-6+. The minimum absolute atomic E-state index is 0.0569. The van der Waals surface area contributed by atoms with Crippen molar-refractivity contribution in [2.45, 2.75) is 19.6 Å². The van der Waals surface area contributed by atoms with E-state index >= 15 is 0 Å². The van der Waals surface area contributed by atoms with Gasteiger partial charge in [0.2, 0.25) is 0 Å². The lowest BCUT2D eigenvalue weighted by atomic mass is 10.1. The fraction of sp³-hybridized carbons (Fsp3) is 0.357. The first-order chi connectivity index (χ1) is 9.45. The second-order valence-corrected chi connectivity index (χ2v) is 4.98. The SMILES string of the molecule is CC1(C)NC(=O)c2ccc(OC/C(=C/F)CN)cc2O1. The van der Waals surface area contributed by atoms with Gasteiger partial charge in [0.15, 0.2) is 5.72 Å². The smallest absolute Gasteiger partial charge is 0.258 e. The van der Waals surface area contributed by atoms with Gasteiger partial charge in [0, 0.05) is 18.2 Å². The van der Waals surface area contributed by atoms with Crippen LogP contribution in [0.3, 0.4) is 0 Å². The van der Waals surface area contributed by atoms with Crippen LogP contribution in [0, 0.1) is 0 Å². The molecule has 20 heavy (non-hydrogen) atoms. The predicted molar refractivity (Wildman–Crippen MR) is 72.4 cm³/mol. The average Bonchev–Trinajstić information content (AvgIpc) is 2.38. The second kappa shape index (κ2) is 5.50. The number of nitrogens with two attached hydrogens (primary N) is 1. The van der Waals surface area contributed by atoms with Crippen LogP contribution in [0.1, 0.15) is 24.2 Å². The summed E-state index contributed by atoms with van der Waals surface area (Å²) >= 11 is 0. The van der Waals surface area contributed by atoms with Crippen molar-refractivity contribution in [1.82, 2.24) is 5.32 Å². The van der Waals surface area contributed by atoms with Crippen molar-refractivity contribution >= 4 is 5.91 Å². The molecule has 0 bridgehead atoms. The van der Waals surface area contributed by atoms with Crippen LogP contribution in [0.4, 0.5) is 4.39 Å². The van der Waals surface area contributed by atoms with Crippen molar-refractivity contribution in [3.05, 3.63) is 35.7 Å². The van der Waals surface area contributed by atoms with Crippen molar-refractivity contribution in [3.63, 3.8) is 0 Å². The predicted octanol–water partition coefficient (Wildman–Crippen LogP) is 1.74. The summed E-state index contributed by atoms with van der Waals surface area (Å²) in [6.45, 7) is 3.65. The fourth-order valence-electron chi connectivity index (χ4n) is 1.82. The van der Waals surface area contributed by atoms with Gasteiger partial charge in [-0.1, -0.05) is 0 Å². The van der Waals surface area contributed by atoms with E-state index < -0.39 is 5.72 Å². The van der Waals surface area contributed by atoms with Crippen LogP contribution in [0.2, 0.25) is 0 Å². The lowest BCUT2D eigenvalue weighted by molar-refractivity contribution is 0.0431. The van der Waals surface area contributed by atoms with E-state index in [1.54, 1.807) is 32.0 Å². The third-order valence-corrected chi connectivity index (χ3v) is 2.82. The number of rotatable bonds is 4. The summed E-state index contributed by atoms with van der Waals surface area (Å²) in [6.07, 6.45) is 0.436. The van der Waals surface area contributed by atoms with Gasteiger partial charge < -0.3 is 20.5 Å². The fourth-order valence-corrected chi connectivity index (χ4v) is 1.82. The molecule has 0 aliphatic carbocycles. The Morgan fingerprint density at radius 1 is 1.55 bits per heavy atom. The molecule has 0 fully saturated rings. The summed E-state index contributed by atoms with van der Waals surface area (Å²) < 4.78 is 23.5. The summed E-state index contributed by atoms with van der Waals surface area (Å²) in [7, 11) is 0. The Kier molecular flexibility index (Phi) is 3.94. The molecule has 1 amide bonds. The number of halogens is 1. The van der Waals surface area contributed by atoms with E-state index in [1.165, 1.54) is 0 Å². The topological polar surface area (TPSA) is 73.6 Å². The highest BCUT2D eigenvalue weighted by Crippen LogP contribution is 2.31. The van der Waals surface area contributed by atoms with Gasteiger partial charge >= 0.3 is 0 Å². The zero-order valence-corrected chi connectivity index (χ0v) is 11.4. The Bertz CT molecular complexity index is 555. The maximum Gasteiger partial charge on any atom is 0.258 e. The first kappa shape index (κ1) is 14.3. The number of hydrogen-bond acceptors (Lipinski definition) is 4. The van der Waals surface area contributed by atoms with Gasteiger partial charge in [-0.2, -0.15) is 0 Å². The van der Waals surface area contributed by atoms with Crippen molar-refractivity contribution in [1.29, 1.82) is 0 Å². The van der Waals surface area contributed by atoms with E-state index in [0.717, 1.165) is 0 Å². The van der Waals surface area contributed by atoms with Crippen LogP contribution in [-0.2, 0) is 0 Å². The Hall–Kier alpha value is -2.08. The molecule has 1 aliphatic rings. The molecule has 0 unspecified atom stereocenters. The summed E-state index contributed by atoms with van der Waals surface area (Å²) in [5.74, 6) is 0.728. The molecule has 1 aromatic rings. The van der Waals surface area contributed by atoms with E-state index in [-0.39, 0.29) is 19.1 Å². The monoisotopic (exact) mass is 280 g/mol. The average molecular weight is 280 g/mol. The summed E-state index contributed by atoms with van der Waals surface area (Å²) in [4.78, 5) is 11.9. The van der Waals surface area contributed by atoms with E-state index in [9.17, 15) is 9.18 Å². The number of ether oxygens (including phenoxy) is 2. The minimum Gasteiger partial charge on any atom is -0.489 e. The van der Waals surface area contributed by atoms with Crippen LogP contribution >= 0.6 is 0 Å². The van der Waals surface area contributed by atoms with Crippen LogP contribution in [-0.4, -0.2) is 24.8 Å². The van der Waals surface area contributed by atoms with E-state index in [1.807, 2.05) is 0 Å². The number of hydrogen-bond donors (Lipinski definition) is 2. The van der Waals surface area contributed by atoms with Gasteiger partial charge in [-0.25, -0.2) is 4.39 Å². The Morgan fingerprint density at radius 2 is 2.30 bits per heavy atom. The highest BCUT2D eigenvalue weighted by atomic mass is 19.1. The molecule has 108 valence electrons. The summed E-state index contributed by atoms with van der Waals surface area (Å²) in [6, 6.07) is 4.85. The van der Waals surface area contributed by atoms with Gasteiger partial charge in [0.05, 0.1) is 11.9 Å². The molecule has 0 aromatic heterocycles. The molecule has 0 atom stereocenters. The van der Waals surface area contributed by atoms with Crippen LogP contribution < -0.4 is 20.5 Å². The van der Waals surface area contributed by atoms with Gasteiger partial charge in [-0.05, 0) is 26.0 Å². The first-order valence-electron chi connectivity index (χ1n) is 6.22. The van der Waals surface area contributed by atoms with Gasteiger partial charge in [-0.3, -0.25) is 4.79 Å². The number of fused-ring (bicyclic) bond motifs is 1. The molecule has 0 spiro atoms. The maximum atomic E-state index is 12.4. The van der Waals surface area contributed by atoms with Crippen molar-refractivity contribution in [3.8, 4) is 11.5 Å².